The highest BCUT2D eigenvalue weighted by molar-refractivity contribution is 5.98. The molecule has 7 nitrogen and oxygen atoms in total. The minimum Gasteiger partial charge on any atom is -0.351 e. The van der Waals surface area contributed by atoms with E-state index in [0.717, 1.165) is 27.8 Å². The molecule has 1 N–H and O–H groups in total. The number of rotatable bonds is 3. The van der Waals surface area contributed by atoms with Crippen LogP contribution in [0.15, 0.2) is 54.9 Å². The van der Waals surface area contributed by atoms with Gasteiger partial charge in [-0.3, -0.25) is 9.59 Å². The van der Waals surface area contributed by atoms with Gasteiger partial charge in [0.25, 0.3) is 5.91 Å². The number of aromatic amines is 1. The Balaban J connectivity index is 1.31. The molecule has 3 aromatic heterocycles. The topological polar surface area (TPSA) is 73.7 Å². The van der Waals surface area contributed by atoms with Gasteiger partial charge in [0.15, 0.2) is 0 Å². The van der Waals surface area contributed by atoms with E-state index in [1.807, 2.05) is 66.2 Å². The number of pyridine rings is 1. The number of amides is 2. The van der Waals surface area contributed by atoms with Crippen molar-refractivity contribution in [2.24, 2.45) is 0 Å². The number of para-hydroxylation sites is 1. The second kappa shape index (κ2) is 7.33. The lowest BCUT2D eigenvalue weighted by Crippen LogP contribution is -2.35. The highest BCUT2D eigenvalue weighted by Crippen LogP contribution is 2.18. The maximum atomic E-state index is 13.0. The summed E-state index contributed by atoms with van der Waals surface area (Å²) in [6.45, 7) is 3.91. The minimum absolute atomic E-state index is 0.0516. The Morgan fingerprint density at radius 2 is 2.00 bits per heavy atom. The van der Waals surface area contributed by atoms with Crippen molar-refractivity contribution in [1.29, 1.82) is 0 Å². The van der Waals surface area contributed by atoms with E-state index in [0.29, 0.717) is 38.3 Å². The van der Waals surface area contributed by atoms with E-state index in [1.165, 1.54) is 0 Å². The van der Waals surface area contributed by atoms with E-state index in [-0.39, 0.29) is 11.8 Å². The third-order valence-electron chi connectivity index (χ3n) is 5.72. The summed E-state index contributed by atoms with van der Waals surface area (Å²) >= 11 is 0. The molecule has 0 bridgehead atoms. The average Bonchev–Trinajstić information content (AvgIpc) is 3.32. The fourth-order valence-electron chi connectivity index (χ4n) is 4.07. The summed E-state index contributed by atoms with van der Waals surface area (Å²) in [4.78, 5) is 37.1. The number of benzene rings is 1. The van der Waals surface area contributed by atoms with Gasteiger partial charge in [0, 0.05) is 49.4 Å². The zero-order valence-electron chi connectivity index (χ0n) is 16.8. The van der Waals surface area contributed by atoms with Crippen LogP contribution in [0.1, 0.15) is 28.2 Å². The summed E-state index contributed by atoms with van der Waals surface area (Å²) in [5.74, 6) is -0.0140. The standard InChI is InChI=1S/C23H23N5O2/c1-16-5-4-9-28-15-18(24-22(16)28)14-27-12-11-26(10-8-21(27)29)23(30)20-13-17-6-2-3-7-19(17)25-20/h2-7,9,13,15,25H,8,10-12,14H2,1H3. The van der Waals surface area contributed by atoms with Gasteiger partial charge in [-0.1, -0.05) is 24.3 Å². The van der Waals surface area contributed by atoms with Crippen LogP contribution >= 0.6 is 0 Å². The van der Waals surface area contributed by atoms with E-state index in [9.17, 15) is 9.59 Å². The van der Waals surface area contributed by atoms with Crippen LogP contribution in [-0.2, 0) is 11.3 Å². The molecule has 0 aliphatic carbocycles. The monoisotopic (exact) mass is 401 g/mol. The number of hydrogen-bond donors (Lipinski definition) is 1. The Labute approximate surface area is 173 Å². The van der Waals surface area contributed by atoms with Crippen molar-refractivity contribution in [3.63, 3.8) is 0 Å². The molecule has 0 unspecified atom stereocenters. The van der Waals surface area contributed by atoms with Crippen molar-refractivity contribution in [2.45, 2.75) is 19.9 Å². The van der Waals surface area contributed by atoms with Crippen molar-refractivity contribution < 1.29 is 9.59 Å². The first kappa shape index (κ1) is 18.4. The SMILES string of the molecule is Cc1cccn2cc(CN3CCN(C(=O)c4cc5ccccc5[nH]4)CCC3=O)nc12. The van der Waals surface area contributed by atoms with Gasteiger partial charge in [-0.05, 0) is 30.7 Å². The van der Waals surface area contributed by atoms with Gasteiger partial charge in [0.1, 0.15) is 11.3 Å². The molecule has 0 radical (unpaired) electrons. The Morgan fingerprint density at radius 1 is 1.13 bits per heavy atom. The Hall–Kier alpha value is -3.61. The van der Waals surface area contributed by atoms with Crippen molar-refractivity contribution in [3.8, 4) is 0 Å². The van der Waals surface area contributed by atoms with Gasteiger partial charge >= 0.3 is 0 Å². The number of fused-ring (bicyclic) bond motifs is 2. The Morgan fingerprint density at radius 3 is 2.83 bits per heavy atom. The number of carbonyl (C=O) groups is 2. The lowest BCUT2D eigenvalue weighted by molar-refractivity contribution is -0.131. The summed E-state index contributed by atoms with van der Waals surface area (Å²) in [6, 6.07) is 13.7. The molecule has 1 aliphatic rings. The number of nitrogens with one attached hydrogen (secondary N) is 1. The van der Waals surface area contributed by atoms with Crippen LogP contribution in [0.25, 0.3) is 16.6 Å². The molecule has 152 valence electrons. The Kier molecular flexibility index (Phi) is 4.50. The largest absolute Gasteiger partial charge is 0.351 e. The van der Waals surface area contributed by atoms with Gasteiger partial charge in [-0.2, -0.15) is 0 Å². The average molecular weight is 401 g/mol. The maximum absolute atomic E-state index is 13.0. The lowest BCUT2D eigenvalue weighted by atomic mass is 10.2. The van der Waals surface area contributed by atoms with Crippen LogP contribution in [-0.4, -0.2) is 55.6 Å². The molecule has 4 aromatic rings. The fraction of sp³-hybridized carbons (Fsp3) is 0.261. The summed E-state index contributed by atoms with van der Waals surface area (Å²) < 4.78 is 1.98. The van der Waals surface area contributed by atoms with E-state index >= 15 is 0 Å². The van der Waals surface area contributed by atoms with Gasteiger partial charge in [0.2, 0.25) is 5.91 Å². The first-order valence-electron chi connectivity index (χ1n) is 10.2. The third kappa shape index (κ3) is 3.32. The molecule has 1 aliphatic heterocycles. The molecule has 0 atom stereocenters. The first-order chi connectivity index (χ1) is 14.6. The van der Waals surface area contributed by atoms with Crippen LogP contribution in [0.3, 0.4) is 0 Å². The van der Waals surface area contributed by atoms with Crippen molar-refractivity contribution in [1.82, 2.24) is 24.2 Å². The van der Waals surface area contributed by atoms with Crippen molar-refractivity contribution in [3.05, 3.63) is 71.8 Å². The molecule has 1 saturated heterocycles. The highest BCUT2D eigenvalue weighted by Gasteiger charge is 2.26. The quantitative estimate of drug-likeness (QED) is 0.574. The number of nitrogens with zero attached hydrogens (tertiary/aromatic N) is 4. The van der Waals surface area contributed by atoms with Gasteiger partial charge in [-0.15, -0.1) is 0 Å². The molecule has 4 heterocycles. The Bertz CT molecular complexity index is 1220. The first-order valence-corrected chi connectivity index (χ1v) is 10.2. The van der Waals surface area contributed by atoms with Gasteiger partial charge in [-0.25, -0.2) is 4.98 Å². The number of aromatic nitrogens is 3. The fourth-order valence-corrected chi connectivity index (χ4v) is 4.07. The van der Waals surface area contributed by atoms with E-state index in [2.05, 4.69) is 9.97 Å². The molecule has 0 spiro atoms. The molecule has 0 saturated carbocycles. The minimum atomic E-state index is -0.0656. The summed E-state index contributed by atoms with van der Waals surface area (Å²) in [7, 11) is 0. The number of carbonyl (C=O) groups excluding carboxylic acids is 2. The van der Waals surface area contributed by atoms with Crippen LogP contribution in [0.2, 0.25) is 0 Å². The van der Waals surface area contributed by atoms with E-state index in [1.54, 1.807) is 9.80 Å². The molecule has 1 fully saturated rings. The van der Waals surface area contributed by atoms with E-state index < -0.39 is 0 Å². The van der Waals surface area contributed by atoms with Crippen molar-refractivity contribution in [2.75, 3.05) is 19.6 Å². The predicted octanol–water partition coefficient (Wildman–Crippen LogP) is 3.00. The zero-order valence-corrected chi connectivity index (χ0v) is 16.8. The van der Waals surface area contributed by atoms with Crippen LogP contribution < -0.4 is 0 Å². The summed E-state index contributed by atoms with van der Waals surface area (Å²) in [5.41, 5.74) is 4.36. The molecule has 2 amide bonds. The van der Waals surface area contributed by atoms with Crippen LogP contribution in [0, 0.1) is 6.92 Å². The molecule has 30 heavy (non-hydrogen) atoms. The number of aryl methyl sites for hydroxylation is 1. The van der Waals surface area contributed by atoms with Crippen molar-refractivity contribution >= 4 is 28.4 Å². The van der Waals surface area contributed by atoms with Gasteiger partial charge < -0.3 is 19.2 Å². The van der Waals surface area contributed by atoms with Gasteiger partial charge in [0.05, 0.1) is 12.2 Å². The number of hydrogen-bond acceptors (Lipinski definition) is 3. The second-order valence-corrected chi connectivity index (χ2v) is 7.78. The number of imidazole rings is 1. The normalized spacial score (nSPS) is 15.2. The summed E-state index contributed by atoms with van der Waals surface area (Å²) in [6.07, 6.45) is 4.25. The zero-order chi connectivity index (χ0) is 20.7. The molecule has 5 rings (SSSR count). The summed E-state index contributed by atoms with van der Waals surface area (Å²) in [5, 5.41) is 1.01. The highest BCUT2D eigenvalue weighted by atomic mass is 16.2. The maximum Gasteiger partial charge on any atom is 0.270 e. The lowest BCUT2D eigenvalue weighted by Gasteiger charge is -2.21. The smallest absolute Gasteiger partial charge is 0.270 e. The molecule has 7 heteroatoms. The van der Waals surface area contributed by atoms with Crippen LogP contribution in [0.4, 0.5) is 0 Å². The third-order valence-corrected chi connectivity index (χ3v) is 5.72. The van der Waals surface area contributed by atoms with Crippen LogP contribution in [0.5, 0.6) is 0 Å². The second-order valence-electron chi connectivity index (χ2n) is 7.78. The van der Waals surface area contributed by atoms with E-state index in [4.69, 9.17) is 0 Å². The molecular formula is C23H23N5O2. The number of H-pyrrole nitrogens is 1. The molecular weight excluding hydrogens is 378 g/mol. The molecule has 1 aromatic carbocycles. The predicted molar refractivity (Wildman–Crippen MR) is 114 cm³/mol.